The van der Waals surface area contributed by atoms with E-state index >= 15 is 0 Å². The van der Waals surface area contributed by atoms with Crippen molar-refractivity contribution in [2.24, 2.45) is 17.6 Å². The molecule has 1 aromatic carbocycles. The summed E-state index contributed by atoms with van der Waals surface area (Å²) < 4.78 is 0. The highest BCUT2D eigenvalue weighted by atomic mass is 16.3. The molecule has 3 aliphatic carbocycles. The third kappa shape index (κ3) is 3.52. The van der Waals surface area contributed by atoms with Crippen molar-refractivity contribution in [2.75, 3.05) is 32.5 Å². The number of rotatable bonds is 5. The Morgan fingerprint density at radius 2 is 1.84 bits per heavy atom. The molecule has 1 saturated carbocycles. The average molecular weight is 525 g/mol. The third-order valence-electron chi connectivity index (χ3n) is 8.37. The van der Waals surface area contributed by atoms with E-state index < -0.39 is 58.0 Å². The number of ketones is 2. The number of nitrogens with one attached hydrogen (secondary N) is 1. The molecule has 5 rings (SSSR count). The van der Waals surface area contributed by atoms with Crippen LogP contribution >= 0.6 is 0 Å². The topological polar surface area (TPSA) is 177 Å². The van der Waals surface area contributed by atoms with Crippen LogP contribution < -0.4 is 11.1 Å². The van der Waals surface area contributed by atoms with Gasteiger partial charge in [-0.1, -0.05) is 6.58 Å². The molecule has 1 heterocycles. The van der Waals surface area contributed by atoms with Crippen LogP contribution in [0.15, 0.2) is 41.4 Å². The van der Waals surface area contributed by atoms with Crippen molar-refractivity contribution in [3.05, 3.63) is 52.6 Å². The molecule has 4 atom stereocenters. The van der Waals surface area contributed by atoms with Gasteiger partial charge in [0, 0.05) is 30.3 Å². The highest BCUT2D eigenvalue weighted by Crippen LogP contribution is 2.53. The van der Waals surface area contributed by atoms with Gasteiger partial charge in [0.05, 0.1) is 17.4 Å². The molecule has 0 bridgehead atoms. The number of fused-ring (bicyclic) bond motifs is 3. The van der Waals surface area contributed by atoms with Crippen molar-refractivity contribution in [1.82, 2.24) is 9.80 Å². The molecule has 0 aromatic heterocycles. The number of amides is 1. The summed E-state index contributed by atoms with van der Waals surface area (Å²) in [6.45, 7) is 5.85. The van der Waals surface area contributed by atoms with E-state index in [0.29, 0.717) is 17.1 Å². The fraction of sp³-hybridized carbons (Fsp3) is 0.444. The van der Waals surface area contributed by atoms with Crippen molar-refractivity contribution >= 4 is 28.9 Å². The normalized spacial score (nSPS) is 28.8. The van der Waals surface area contributed by atoms with E-state index in [9.17, 15) is 34.8 Å². The van der Waals surface area contributed by atoms with Crippen LogP contribution in [0.1, 0.15) is 30.4 Å². The van der Waals surface area contributed by atoms with Gasteiger partial charge in [-0.3, -0.25) is 19.3 Å². The molecule has 0 spiro atoms. The molecule has 11 nitrogen and oxygen atoms in total. The number of benzene rings is 1. The highest BCUT2D eigenvalue weighted by molar-refractivity contribution is 6.24. The van der Waals surface area contributed by atoms with Gasteiger partial charge in [-0.25, -0.2) is 0 Å². The second-order valence-corrected chi connectivity index (χ2v) is 10.7. The van der Waals surface area contributed by atoms with Crippen LogP contribution in [0.5, 0.6) is 5.75 Å². The van der Waals surface area contributed by atoms with Gasteiger partial charge in [0.25, 0.3) is 5.91 Å². The average Bonchev–Trinajstić information content (AvgIpc) is 3.38. The third-order valence-corrected chi connectivity index (χ3v) is 8.37. The summed E-state index contributed by atoms with van der Waals surface area (Å²) in [5.74, 6) is -6.03. The number of hydrogen-bond acceptors (Lipinski definition) is 10. The molecule has 1 amide bonds. The molecule has 202 valence electrons. The van der Waals surface area contributed by atoms with Crippen LogP contribution in [0.25, 0.3) is 5.76 Å². The summed E-state index contributed by atoms with van der Waals surface area (Å²) in [4.78, 5) is 42.7. The quantitative estimate of drug-likeness (QED) is 0.240. The second-order valence-electron chi connectivity index (χ2n) is 10.7. The predicted octanol–water partition coefficient (Wildman–Crippen LogP) is 0.943. The summed E-state index contributed by atoms with van der Waals surface area (Å²) >= 11 is 0. The molecule has 0 radical (unpaired) electrons. The molecule has 1 aromatic rings. The lowest BCUT2D eigenvalue weighted by molar-refractivity contribution is -0.153. The van der Waals surface area contributed by atoms with E-state index in [1.54, 1.807) is 20.2 Å². The Balaban J connectivity index is 1.64. The molecule has 11 heteroatoms. The SMILES string of the molecule is C=C(Nc1ccc(O)c2c1CC1CC3C(N(C)C)C(=O)C(C(N)=O)=C(O)C3(O)C(=O)C1=C2O)N1CCCC1. The number of likely N-dealkylation sites (tertiary alicyclic amines) is 1. The molecule has 7 N–H and O–H groups in total. The number of Topliss-reactive ketones (excluding diaryl/α,β-unsaturated/α-hetero) is 2. The zero-order chi connectivity index (χ0) is 27.7. The molecule has 2 fully saturated rings. The van der Waals surface area contributed by atoms with Crippen LogP contribution in [0.2, 0.25) is 0 Å². The van der Waals surface area contributed by atoms with Crippen molar-refractivity contribution in [2.45, 2.75) is 37.3 Å². The smallest absolute Gasteiger partial charge is 0.255 e. The van der Waals surface area contributed by atoms with Crippen molar-refractivity contribution in [3.63, 3.8) is 0 Å². The van der Waals surface area contributed by atoms with Crippen molar-refractivity contribution in [3.8, 4) is 5.75 Å². The van der Waals surface area contributed by atoms with E-state index in [-0.39, 0.29) is 29.7 Å². The van der Waals surface area contributed by atoms with E-state index in [1.807, 2.05) is 0 Å². The van der Waals surface area contributed by atoms with Crippen molar-refractivity contribution < 1.29 is 34.8 Å². The number of nitrogens with two attached hydrogens (primary N) is 1. The predicted molar refractivity (Wildman–Crippen MR) is 138 cm³/mol. The zero-order valence-electron chi connectivity index (χ0n) is 21.3. The number of primary amides is 1. The van der Waals surface area contributed by atoms with Gasteiger partial charge in [0.2, 0.25) is 5.78 Å². The molecule has 38 heavy (non-hydrogen) atoms. The number of aromatic hydroxyl groups is 1. The van der Waals surface area contributed by atoms with Crippen LogP contribution in [0.3, 0.4) is 0 Å². The monoisotopic (exact) mass is 524 g/mol. The number of aliphatic hydroxyl groups is 3. The number of phenols is 1. The van der Waals surface area contributed by atoms with E-state index in [0.717, 1.165) is 25.9 Å². The maximum absolute atomic E-state index is 13.9. The summed E-state index contributed by atoms with van der Waals surface area (Å²) in [5.41, 5.74) is 2.90. The zero-order valence-corrected chi connectivity index (χ0v) is 21.3. The summed E-state index contributed by atoms with van der Waals surface area (Å²) in [5, 5.41) is 47.9. The standard InChI is InChI=1S/C27H32N4O7/c1-12(31-8-4-5-9-31)29-16-6-7-17(32)19-14(16)10-13-11-15-21(30(2)3)23(34)20(26(28)37)25(36)27(15,38)24(35)18(13)22(19)33/h6-7,13,15,21,29,32-33,36,38H,1,4-5,8-11H2,2-3H3,(H2,28,37). The van der Waals surface area contributed by atoms with Gasteiger partial charge in [0.1, 0.15) is 22.8 Å². The second kappa shape index (κ2) is 8.88. The molecule has 1 aliphatic heterocycles. The summed E-state index contributed by atoms with van der Waals surface area (Å²) in [7, 11) is 3.13. The van der Waals surface area contributed by atoms with E-state index in [4.69, 9.17) is 5.73 Å². The number of aliphatic hydroxyl groups excluding tert-OH is 2. The van der Waals surface area contributed by atoms with Gasteiger partial charge in [-0.2, -0.15) is 0 Å². The number of hydrogen-bond donors (Lipinski definition) is 6. The minimum atomic E-state index is -2.65. The van der Waals surface area contributed by atoms with Crippen LogP contribution in [0.4, 0.5) is 5.69 Å². The van der Waals surface area contributed by atoms with Gasteiger partial charge < -0.3 is 36.4 Å². The Kier molecular flexibility index (Phi) is 6.03. The van der Waals surface area contributed by atoms with Crippen LogP contribution in [0, 0.1) is 11.8 Å². The lowest BCUT2D eigenvalue weighted by Gasteiger charge is -2.50. The first-order valence-corrected chi connectivity index (χ1v) is 12.6. The van der Waals surface area contributed by atoms with Crippen LogP contribution in [-0.2, 0) is 20.8 Å². The fourth-order valence-electron chi connectivity index (χ4n) is 6.58. The van der Waals surface area contributed by atoms with Gasteiger partial charge in [0.15, 0.2) is 11.4 Å². The van der Waals surface area contributed by atoms with Crippen LogP contribution in [-0.4, -0.2) is 86.5 Å². The molecular weight excluding hydrogens is 492 g/mol. The maximum atomic E-state index is 13.9. The number of anilines is 1. The number of phenolic OH excluding ortho intramolecular Hbond substituents is 1. The van der Waals surface area contributed by atoms with E-state index in [2.05, 4.69) is 16.8 Å². The fourth-order valence-corrected chi connectivity index (χ4v) is 6.58. The molecule has 4 aliphatic rings. The first kappa shape index (κ1) is 25.8. The number of likely N-dealkylation sites (N-methyl/N-ethyl adjacent to an activating group) is 1. The Bertz CT molecular complexity index is 1340. The van der Waals surface area contributed by atoms with E-state index in [1.165, 1.54) is 11.0 Å². The number of carbonyl (C=O) groups is 3. The Hall–Kier alpha value is -3.83. The first-order chi connectivity index (χ1) is 17.9. The highest BCUT2D eigenvalue weighted by Gasteiger charge is 2.64. The Morgan fingerprint density at radius 3 is 2.45 bits per heavy atom. The van der Waals surface area contributed by atoms with Crippen molar-refractivity contribution in [1.29, 1.82) is 0 Å². The Morgan fingerprint density at radius 1 is 1.18 bits per heavy atom. The lowest BCUT2D eigenvalue weighted by atomic mass is 9.57. The van der Waals surface area contributed by atoms with Gasteiger partial charge in [-0.05, 0) is 63.4 Å². The Labute approximate surface area is 219 Å². The molecule has 4 unspecified atom stereocenters. The van der Waals surface area contributed by atoms with Gasteiger partial charge >= 0.3 is 0 Å². The minimum absolute atomic E-state index is 0.0356. The summed E-state index contributed by atoms with van der Waals surface area (Å²) in [6.07, 6.45) is 2.35. The maximum Gasteiger partial charge on any atom is 0.255 e. The molecule has 1 saturated heterocycles. The number of carbonyl (C=O) groups excluding carboxylic acids is 3. The largest absolute Gasteiger partial charge is 0.508 e. The lowest BCUT2D eigenvalue weighted by Crippen LogP contribution is -2.65. The number of nitrogens with zero attached hydrogens (tertiary/aromatic N) is 2. The first-order valence-electron chi connectivity index (χ1n) is 12.6. The van der Waals surface area contributed by atoms with Gasteiger partial charge in [-0.15, -0.1) is 0 Å². The summed E-state index contributed by atoms with van der Waals surface area (Å²) in [6, 6.07) is 1.95. The minimum Gasteiger partial charge on any atom is -0.508 e. The molecular formula is C27H32N4O7.